The third-order valence-corrected chi connectivity index (χ3v) is 5.14. The molecule has 2 saturated carbocycles. The van der Waals surface area contributed by atoms with Gasteiger partial charge in [0.2, 0.25) is 0 Å². The molecule has 3 rings (SSSR count). The molecule has 0 unspecified atom stereocenters. The molecule has 0 spiro atoms. The average Bonchev–Trinajstić information content (AvgIpc) is 3.12. The molecule has 0 radical (unpaired) electrons. The number of rotatable bonds is 2. The van der Waals surface area contributed by atoms with Gasteiger partial charge in [-0.25, -0.2) is 4.98 Å². The van der Waals surface area contributed by atoms with Crippen LogP contribution in [0.25, 0.3) is 0 Å². The topological polar surface area (TPSA) is 43.8 Å². The average molecular weight is 261 g/mol. The molecule has 106 valence electrons. The van der Waals surface area contributed by atoms with Crippen molar-refractivity contribution in [1.29, 1.82) is 0 Å². The fourth-order valence-electron chi connectivity index (χ4n) is 3.58. The predicted octanol–water partition coefficient (Wildman–Crippen LogP) is 4.12. The number of nitrogen functional groups attached to an aromatic ring is 1. The summed E-state index contributed by atoms with van der Waals surface area (Å²) in [6.45, 7) is 7.11. The van der Waals surface area contributed by atoms with E-state index >= 15 is 0 Å². The first kappa shape index (κ1) is 13.0. The van der Waals surface area contributed by atoms with Crippen molar-refractivity contribution in [2.45, 2.75) is 71.3 Å². The zero-order chi connectivity index (χ0) is 13.6. The van der Waals surface area contributed by atoms with E-state index in [9.17, 15) is 0 Å². The maximum atomic E-state index is 6.30. The molecule has 2 aliphatic carbocycles. The van der Waals surface area contributed by atoms with E-state index in [4.69, 9.17) is 5.73 Å². The van der Waals surface area contributed by atoms with Gasteiger partial charge in [-0.15, -0.1) is 0 Å². The monoisotopic (exact) mass is 261 g/mol. The smallest absolute Gasteiger partial charge is 0.127 e. The van der Waals surface area contributed by atoms with Gasteiger partial charge in [0.15, 0.2) is 0 Å². The molecule has 2 fully saturated rings. The van der Waals surface area contributed by atoms with Crippen LogP contribution in [0.15, 0.2) is 6.33 Å². The van der Waals surface area contributed by atoms with E-state index in [1.54, 1.807) is 0 Å². The van der Waals surface area contributed by atoms with Gasteiger partial charge in [-0.3, -0.25) is 0 Å². The van der Waals surface area contributed by atoms with Crippen molar-refractivity contribution in [3.63, 3.8) is 0 Å². The summed E-state index contributed by atoms with van der Waals surface area (Å²) in [5.74, 6) is 2.40. The van der Waals surface area contributed by atoms with Crippen LogP contribution >= 0.6 is 0 Å². The Hall–Kier alpha value is -0.990. The van der Waals surface area contributed by atoms with E-state index in [-0.39, 0.29) is 0 Å². The Morgan fingerprint density at radius 3 is 2.26 bits per heavy atom. The van der Waals surface area contributed by atoms with Crippen molar-refractivity contribution in [3.8, 4) is 0 Å². The first-order chi connectivity index (χ1) is 8.97. The molecule has 0 bridgehead atoms. The maximum Gasteiger partial charge on any atom is 0.127 e. The number of nitrogens with two attached hydrogens (primary N) is 1. The van der Waals surface area contributed by atoms with Crippen LogP contribution in [0.1, 0.15) is 76.9 Å². The van der Waals surface area contributed by atoms with E-state index in [1.807, 2.05) is 6.33 Å². The lowest BCUT2D eigenvalue weighted by atomic mass is 9.69. The zero-order valence-corrected chi connectivity index (χ0v) is 12.5. The van der Waals surface area contributed by atoms with Gasteiger partial charge >= 0.3 is 0 Å². The summed E-state index contributed by atoms with van der Waals surface area (Å²) in [6, 6.07) is 0.646. The SMILES string of the molecule is CC(C)(C)C1CCC(c2ncn(C3CC3)c2N)CC1. The summed E-state index contributed by atoms with van der Waals surface area (Å²) in [5, 5.41) is 0. The van der Waals surface area contributed by atoms with Gasteiger partial charge in [0.05, 0.1) is 12.0 Å². The van der Waals surface area contributed by atoms with Crippen molar-refractivity contribution in [3.05, 3.63) is 12.0 Å². The predicted molar refractivity (Wildman–Crippen MR) is 79.1 cm³/mol. The lowest BCUT2D eigenvalue weighted by Gasteiger charge is -2.36. The van der Waals surface area contributed by atoms with Gasteiger partial charge in [0.1, 0.15) is 5.82 Å². The van der Waals surface area contributed by atoms with Crippen LogP contribution < -0.4 is 5.73 Å². The van der Waals surface area contributed by atoms with Crippen molar-refractivity contribution in [2.75, 3.05) is 5.73 Å². The van der Waals surface area contributed by atoms with Crippen LogP contribution in [0.3, 0.4) is 0 Å². The quantitative estimate of drug-likeness (QED) is 0.870. The Kier molecular flexibility index (Phi) is 3.11. The van der Waals surface area contributed by atoms with Crippen LogP contribution in [0.4, 0.5) is 5.82 Å². The first-order valence-electron chi connectivity index (χ1n) is 7.79. The van der Waals surface area contributed by atoms with Crippen LogP contribution in [0, 0.1) is 11.3 Å². The first-order valence-corrected chi connectivity index (χ1v) is 7.79. The van der Waals surface area contributed by atoms with E-state index < -0.39 is 0 Å². The number of hydrogen-bond donors (Lipinski definition) is 1. The molecule has 0 atom stereocenters. The molecule has 0 saturated heterocycles. The van der Waals surface area contributed by atoms with Crippen LogP contribution in [0.2, 0.25) is 0 Å². The zero-order valence-electron chi connectivity index (χ0n) is 12.5. The molecule has 1 heterocycles. The van der Waals surface area contributed by atoms with Crippen LogP contribution in [0.5, 0.6) is 0 Å². The second-order valence-electron chi connectivity index (χ2n) is 7.57. The van der Waals surface area contributed by atoms with Gasteiger partial charge < -0.3 is 10.3 Å². The number of imidazole rings is 1. The second kappa shape index (κ2) is 4.53. The highest BCUT2D eigenvalue weighted by molar-refractivity contribution is 5.40. The van der Waals surface area contributed by atoms with Gasteiger partial charge in [-0.05, 0) is 49.9 Å². The summed E-state index contributed by atoms with van der Waals surface area (Å²) in [5.41, 5.74) is 7.92. The molecule has 0 amide bonds. The van der Waals surface area contributed by atoms with Crippen molar-refractivity contribution < 1.29 is 0 Å². The number of nitrogens with zero attached hydrogens (tertiary/aromatic N) is 2. The summed E-state index contributed by atoms with van der Waals surface area (Å²) < 4.78 is 2.20. The standard InChI is InChI=1S/C16H27N3/c1-16(2,3)12-6-4-11(5-7-12)14-15(17)19(10-18-14)13-8-9-13/h10-13H,4-9,17H2,1-3H3. The minimum absolute atomic E-state index is 0.448. The number of anilines is 1. The number of aromatic nitrogens is 2. The Morgan fingerprint density at radius 2 is 1.74 bits per heavy atom. The van der Waals surface area contributed by atoms with E-state index in [0.717, 1.165) is 11.7 Å². The maximum absolute atomic E-state index is 6.30. The highest BCUT2D eigenvalue weighted by Gasteiger charge is 2.33. The van der Waals surface area contributed by atoms with Crippen molar-refractivity contribution >= 4 is 5.82 Å². The lowest BCUT2D eigenvalue weighted by molar-refractivity contribution is 0.168. The molecule has 2 N–H and O–H groups in total. The highest BCUT2D eigenvalue weighted by atomic mass is 15.2. The molecule has 2 aliphatic rings. The molecule has 0 aliphatic heterocycles. The van der Waals surface area contributed by atoms with Gasteiger partial charge in [-0.1, -0.05) is 20.8 Å². The summed E-state index contributed by atoms with van der Waals surface area (Å²) in [6.07, 6.45) is 9.68. The summed E-state index contributed by atoms with van der Waals surface area (Å²) >= 11 is 0. The minimum atomic E-state index is 0.448. The molecule has 3 heteroatoms. The van der Waals surface area contributed by atoms with Gasteiger partial charge in [0, 0.05) is 12.0 Å². The number of hydrogen-bond acceptors (Lipinski definition) is 2. The fourth-order valence-corrected chi connectivity index (χ4v) is 3.58. The van der Waals surface area contributed by atoms with Gasteiger partial charge in [0.25, 0.3) is 0 Å². The Labute approximate surface area is 116 Å². The van der Waals surface area contributed by atoms with Crippen molar-refractivity contribution in [2.24, 2.45) is 11.3 Å². The normalized spacial score (nSPS) is 28.6. The molecule has 1 aromatic rings. The van der Waals surface area contributed by atoms with Gasteiger partial charge in [-0.2, -0.15) is 0 Å². The molecular weight excluding hydrogens is 234 g/mol. The molecular formula is C16H27N3. The molecule has 0 aromatic carbocycles. The second-order valence-corrected chi connectivity index (χ2v) is 7.57. The minimum Gasteiger partial charge on any atom is -0.384 e. The summed E-state index contributed by atoms with van der Waals surface area (Å²) in [4.78, 5) is 4.63. The van der Waals surface area contributed by atoms with E-state index in [0.29, 0.717) is 17.4 Å². The largest absolute Gasteiger partial charge is 0.384 e. The Morgan fingerprint density at radius 1 is 1.11 bits per heavy atom. The lowest BCUT2D eigenvalue weighted by Crippen LogP contribution is -2.25. The van der Waals surface area contributed by atoms with E-state index in [2.05, 4.69) is 30.3 Å². The molecule has 3 nitrogen and oxygen atoms in total. The summed E-state index contributed by atoms with van der Waals surface area (Å²) in [7, 11) is 0. The Balaban J connectivity index is 1.68. The third-order valence-electron chi connectivity index (χ3n) is 5.14. The molecule has 19 heavy (non-hydrogen) atoms. The third kappa shape index (κ3) is 2.52. The van der Waals surface area contributed by atoms with Crippen LogP contribution in [-0.2, 0) is 0 Å². The molecule has 1 aromatic heterocycles. The Bertz CT molecular complexity index is 443. The highest BCUT2D eigenvalue weighted by Crippen LogP contribution is 2.45. The van der Waals surface area contributed by atoms with Crippen LogP contribution in [-0.4, -0.2) is 9.55 Å². The van der Waals surface area contributed by atoms with Crippen molar-refractivity contribution in [1.82, 2.24) is 9.55 Å². The fraction of sp³-hybridized carbons (Fsp3) is 0.812. The van der Waals surface area contributed by atoms with E-state index in [1.165, 1.54) is 44.2 Å².